The zero-order chi connectivity index (χ0) is 10.5. The fourth-order valence-electron chi connectivity index (χ4n) is 0.630. The summed E-state index contributed by atoms with van der Waals surface area (Å²) in [7, 11) is 0. The monoisotopic (exact) mass is 260 g/mol. The van der Waals surface area contributed by atoms with Crippen molar-refractivity contribution in [3.8, 4) is 0 Å². The highest BCUT2D eigenvalue weighted by atomic mass is 35.8. The van der Waals surface area contributed by atoms with Gasteiger partial charge in [-0.1, -0.05) is 52.7 Å². The van der Waals surface area contributed by atoms with E-state index >= 15 is 0 Å². The molecule has 0 saturated heterocycles. The zero-order valence-electron chi connectivity index (χ0n) is 7.44. The second-order valence-electron chi connectivity index (χ2n) is 2.51. The standard InChI is InChI=1S/C7H11Cl3O2Si/c1-3-4-5-6(2)7(11)12-13(8,9)10/h5H,3-4H2,1-2H3. The van der Waals surface area contributed by atoms with Gasteiger partial charge in [0.2, 0.25) is 0 Å². The van der Waals surface area contributed by atoms with E-state index < -0.39 is 12.2 Å². The Kier molecular flexibility index (Phi) is 6.04. The molecule has 0 spiro atoms. The number of carbonyl (C=O) groups excluding carboxylic acids is 1. The van der Waals surface area contributed by atoms with Crippen molar-refractivity contribution in [3.63, 3.8) is 0 Å². The third-order valence-corrected chi connectivity index (χ3v) is 2.38. The molecule has 0 atom stereocenters. The van der Waals surface area contributed by atoms with Gasteiger partial charge in [-0.05, 0) is 13.3 Å². The lowest BCUT2D eigenvalue weighted by Gasteiger charge is -2.09. The largest absolute Gasteiger partial charge is 0.557 e. The highest BCUT2D eigenvalue weighted by Gasteiger charge is 2.32. The quantitative estimate of drug-likeness (QED) is 0.440. The molecule has 0 aromatic heterocycles. The highest BCUT2D eigenvalue weighted by molar-refractivity contribution is 7.62. The fourth-order valence-corrected chi connectivity index (χ4v) is 1.63. The van der Waals surface area contributed by atoms with E-state index in [1.807, 2.05) is 6.92 Å². The minimum Gasteiger partial charge on any atom is -0.477 e. The third-order valence-electron chi connectivity index (χ3n) is 1.27. The molecule has 0 aliphatic heterocycles. The van der Waals surface area contributed by atoms with Crippen LogP contribution in [0, 0.1) is 0 Å². The molecule has 0 bridgehead atoms. The highest BCUT2D eigenvalue weighted by Crippen LogP contribution is 2.22. The fraction of sp³-hybridized carbons (Fsp3) is 0.571. The maximum Gasteiger partial charge on any atom is 0.557 e. The number of hydrogen-bond acceptors (Lipinski definition) is 2. The van der Waals surface area contributed by atoms with Crippen molar-refractivity contribution >= 4 is 45.5 Å². The Hall–Kier alpha value is 0.297. The molecular formula is C7H11Cl3O2Si. The second kappa shape index (κ2) is 5.91. The van der Waals surface area contributed by atoms with Gasteiger partial charge in [0.05, 0.1) is 0 Å². The lowest BCUT2D eigenvalue weighted by atomic mass is 10.2. The van der Waals surface area contributed by atoms with Gasteiger partial charge in [-0.3, -0.25) is 0 Å². The smallest absolute Gasteiger partial charge is 0.477 e. The van der Waals surface area contributed by atoms with Crippen LogP contribution >= 0.6 is 33.2 Å². The van der Waals surface area contributed by atoms with E-state index in [0.29, 0.717) is 5.57 Å². The van der Waals surface area contributed by atoms with Crippen LogP contribution < -0.4 is 0 Å². The number of rotatable bonds is 4. The predicted octanol–water partition coefficient (Wildman–Crippen LogP) is 3.43. The Labute approximate surface area is 93.0 Å². The van der Waals surface area contributed by atoms with Crippen LogP contribution in [0.5, 0.6) is 0 Å². The van der Waals surface area contributed by atoms with Crippen LogP contribution in [0.3, 0.4) is 0 Å². The molecule has 0 heterocycles. The average molecular weight is 262 g/mol. The van der Waals surface area contributed by atoms with Crippen molar-refractivity contribution in [1.82, 2.24) is 0 Å². The van der Waals surface area contributed by atoms with Crippen LogP contribution in [0.25, 0.3) is 0 Å². The second-order valence-corrected chi connectivity index (χ2v) is 10.1. The Morgan fingerprint density at radius 2 is 2.00 bits per heavy atom. The Morgan fingerprint density at radius 1 is 1.46 bits per heavy atom. The molecule has 0 saturated carbocycles. The summed E-state index contributed by atoms with van der Waals surface area (Å²) in [6.07, 6.45) is 0.265. The Morgan fingerprint density at radius 3 is 2.38 bits per heavy atom. The van der Waals surface area contributed by atoms with E-state index in [4.69, 9.17) is 33.2 Å². The van der Waals surface area contributed by atoms with Crippen LogP contribution in [0.2, 0.25) is 0 Å². The van der Waals surface area contributed by atoms with E-state index in [0.717, 1.165) is 12.8 Å². The van der Waals surface area contributed by atoms with Gasteiger partial charge in [0.15, 0.2) is 0 Å². The number of hydrogen-bond donors (Lipinski definition) is 0. The van der Waals surface area contributed by atoms with E-state index in [1.54, 1.807) is 13.0 Å². The molecule has 2 nitrogen and oxygen atoms in total. The number of unbranched alkanes of at least 4 members (excludes halogenated alkanes) is 1. The molecule has 0 N–H and O–H groups in total. The molecule has 0 rings (SSSR count). The van der Waals surface area contributed by atoms with Gasteiger partial charge in [0.1, 0.15) is 0 Å². The van der Waals surface area contributed by atoms with Gasteiger partial charge in [-0.25, -0.2) is 4.79 Å². The van der Waals surface area contributed by atoms with Crippen molar-refractivity contribution < 1.29 is 9.22 Å². The predicted molar refractivity (Wildman–Crippen MR) is 58.1 cm³/mol. The lowest BCUT2D eigenvalue weighted by Crippen LogP contribution is -2.22. The molecule has 13 heavy (non-hydrogen) atoms. The van der Waals surface area contributed by atoms with E-state index in [-0.39, 0.29) is 0 Å². The summed E-state index contributed by atoms with van der Waals surface area (Å²) >= 11 is 16.2. The SMILES string of the molecule is CCCC=C(C)C(=O)O[Si](Cl)(Cl)Cl. The molecule has 0 aliphatic carbocycles. The summed E-state index contributed by atoms with van der Waals surface area (Å²) < 4.78 is 4.62. The summed E-state index contributed by atoms with van der Waals surface area (Å²) in [4.78, 5) is 11.2. The van der Waals surface area contributed by atoms with Crippen molar-refractivity contribution in [3.05, 3.63) is 11.6 Å². The number of halogens is 3. The molecule has 6 heteroatoms. The number of allylic oxidation sites excluding steroid dienone is 1. The molecular weight excluding hydrogens is 251 g/mol. The van der Waals surface area contributed by atoms with Gasteiger partial charge >= 0.3 is 12.2 Å². The van der Waals surface area contributed by atoms with Gasteiger partial charge in [0, 0.05) is 5.57 Å². The normalized spacial score (nSPS) is 12.8. The molecule has 76 valence electrons. The first kappa shape index (κ1) is 13.3. The van der Waals surface area contributed by atoms with Crippen LogP contribution in [-0.2, 0) is 9.22 Å². The average Bonchev–Trinajstić information content (AvgIpc) is 1.96. The van der Waals surface area contributed by atoms with Crippen molar-refractivity contribution in [2.24, 2.45) is 0 Å². The van der Waals surface area contributed by atoms with Crippen LogP contribution in [0.1, 0.15) is 26.7 Å². The van der Waals surface area contributed by atoms with Crippen LogP contribution in [-0.4, -0.2) is 12.2 Å². The van der Waals surface area contributed by atoms with Crippen LogP contribution in [0.4, 0.5) is 0 Å². The van der Waals surface area contributed by atoms with E-state index in [2.05, 4.69) is 4.43 Å². The van der Waals surface area contributed by atoms with Gasteiger partial charge in [0.25, 0.3) is 0 Å². The summed E-state index contributed by atoms with van der Waals surface area (Å²) in [6, 6.07) is 0. The van der Waals surface area contributed by atoms with E-state index in [9.17, 15) is 4.79 Å². The molecule has 0 fully saturated rings. The van der Waals surface area contributed by atoms with Gasteiger partial charge in [-0.15, -0.1) is 0 Å². The van der Waals surface area contributed by atoms with Gasteiger partial charge in [-0.2, -0.15) is 0 Å². The summed E-state index contributed by atoms with van der Waals surface area (Å²) in [6.45, 7) is 3.65. The minimum atomic E-state index is -3.30. The molecule has 0 amide bonds. The first-order chi connectivity index (χ1) is 5.87. The summed E-state index contributed by atoms with van der Waals surface area (Å²) in [5, 5.41) is 0. The molecule has 0 aliphatic rings. The first-order valence-electron chi connectivity index (χ1n) is 3.83. The Bertz CT molecular complexity index is 210. The Balaban J connectivity index is 4.12. The molecule has 0 radical (unpaired) electrons. The maximum absolute atomic E-state index is 11.2. The molecule has 0 unspecified atom stereocenters. The minimum absolute atomic E-state index is 0.487. The maximum atomic E-state index is 11.2. The van der Waals surface area contributed by atoms with Gasteiger partial charge < -0.3 is 4.43 Å². The van der Waals surface area contributed by atoms with Crippen molar-refractivity contribution in [2.45, 2.75) is 26.7 Å². The molecule has 0 aromatic carbocycles. The first-order valence-corrected chi connectivity index (χ1v) is 8.78. The third kappa shape index (κ3) is 7.37. The molecule has 0 aromatic rings. The summed E-state index contributed by atoms with van der Waals surface area (Å²) in [5.41, 5.74) is 0.487. The lowest BCUT2D eigenvalue weighted by molar-refractivity contribution is -0.130. The number of carbonyl (C=O) groups is 1. The zero-order valence-corrected chi connectivity index (χ0v) is 10.7. The van der Waals surface area contributed by atoms with Crippen LogP contribution in [0.15, 0.2) is 11.6 Å². The van der Waals surface area contributed by atoms with Crippen molar-refractivity contribution in [1.29, 1.82) is 0 Å². The van der Waals surface area contributed by atoms with Crippen molar-refractivity contribution in [2.75, 3.05) is 0 Å². The topological polar surface area (TPSA) is 26.3 Å². The van der Waals surface area contributed by atoms with E-state index in [1.165, 1.54) is 0 Å². The summed E-state index contributed by atoms with van der Waals surface area (Å²) in [5.74, 6) is -0.542.